The van der Waals surface area contributed by atoms with Crippen molar-refractivity contribution in [1.29, 1.82) is 5.26 Å². The van der Waals surface area contributed by atoms with Gasteiger partial charge in [0.1, 0.15) is 12.6 Å². The number of nitrogens with one attached hydrogen (secondary N) is 2. The van der Waals surface area contributed by atoms with Gasteiger partial charge in [0.25, 0.3) is 5.91 Å². The number of nitrogens with zero attached hydrogens (tertiary/aromatic N) is 1. The molecular weight excluding hydrogens is 414 g/mol. The van der Waals surface area contributed by atoms with Gasteiger partial charge in [0, 0.05) is 5.56 Å². The number of rotatable bonds is 8. The predicted molar refractivity (Wildman–Crippen MR) is 118 cm³/mol. The lowest BCUT2D eigenvalue weighted by molar-refractivity contribution is -0.122. The predicted octanol–water partition coefficient (Wildman–Crippen LogP) is 2.19. The first-order valence-electron chi connectivity index (χ1n) is 9.56. The molecule has 0 aliphatic rings. The molecule has 7 nitrogen and oxygen atoms in total. The Hall–Kier alpha value is -3.70. The monoisotopic (exact) mass is 435 g/mol. The molecule has 0 saturated heterocycles. The van der Waals surface area contributed by atoms with Crippen LogP contribution in [0.15, 0.2) is 72.8 Å². The zero-order valence-electron chi connectivity index (χ0n) is 16.6. The highest BCUT2D eigenvalue weighted by Gasteiger charge is 2.27. The highest BCUT2D eigenvalue weighted by atomic mass is 32.2. The largest absolute Gasteiger partial charge is 0.341 e. The van der Waals surface area contributed by atoms with Crippen molar-refractivity contribution >= 4 is 32.4 Å². The fourth-order valence-corrected chi connectivity index (χ4v) is 4.71. The van der Waals surface area contributed by atoms with Crippen molar-refractivity contribution in [3.63, 3.8) is 0 Å². The third kappa shape index (κ3) is 6.14. The molecule has 3 aromatic carbocycles. The van der Waals surface area contributed by atoms with Gasteiger partial charge >= 0.3 is 0 Å². The number of benzene rings is 3. The van der Waals surface area contributed by atoms with Crippen LogP contribution < -0.4 is 10.6 Å². The van der Waals surface area contributed by atoms with Crippen molar-refractivity contribution in [3.05, 3.63) is 83.9 Å². The van der Waals surface area contributed by atoms with Crippen LogP contribution in [0.5, 0.6) is 0 Å². The number of amides is 2. The Morgan fingerprint density at radius 2 is 1.61 bits per heavy atom. The van der Waals surface area contributed by atoms with Gasteiger partial charge in [0.05, 0.1) is 17.6 Å². The molecule has 0 bridgehead atoms. The number of carbonyl (C=O) groups excluding carboxylic acids is 2. The quantitative estimate of drug-likeness (QED) is 0.526. The number of hydrogen-bond acceptors (Lipinski definition) is 5. The maximum atomic E-state index is 12.8. The molecule has 158 valence electrons. The first-order chi connectivity index (χ1) is 14.9. The summed E-state index contributed by atoms with van der Waals surface area (Å²) in [5.41, 5.74) is 0.886. The van der Waals surface area contributed by atoms with Crippen LogP contribution in [0, 0.1) is 11.3 Å². The molecule has 0 radical (unpaired) electrons. The van der Waals surface area contributed by atoms with E-state index >= 15 is 0 Å². The van der Waals surface area contributed by atoms with E-state index in [9.17, 15) is 18.0 Å². The molecular formula is C23H21N3O4S. The van der Waals surface area contributed by atoms with Crippen molar-refractivity contribution in [3.8, 4) is 6.07 Å². The average Bonchev–Trinajstić information content (AvgIpc) is 2.76. The van der Waals surface area contributed by atoms with Gasteiger partial charge in [-0.3, -0.25) is 9.59 Å². The second kappa shape index (κ2) is 9.87. The molecule has 0 saturated carbocycles. The Bertz CT molecular complexity index is 1230. The third-order valence-electron chi connectivity index (χ3n) is 4.63. The third-order valence-corrected chi connectivity index (χ3v) is 6.24. The first-order valence-corrected chi connectivity index (χ1v) is 11.4. The molecule has 0 fully saturated rings. The molecule has 31 heavy (non-hydrogen) atoms. The van der Waals surface area contributed by atoms with Crippen LogP contribution in [0.1, 0.15) is 15.9 Å². The summed E-state index contributed by atoms with van der Waals surface area (Å²) in [6.07, 6.45) is 0. The fourth-order valence-electron chi connectivity index (χ4n) is 3.15. The van der Waals surface area contributed by atoms with E-state index in [0.29, 0.717) is 11.1 Å². The Labute approximate surface area is 180 Å². The lowest BCUT2D eigenvalue weighted by Crippen LogP contribution is -2.50. The number of nitriles is 1. The van der Waals surface area contributed by atoms with Gasteiger partial charge < -0.3 is 10.6 Å². The van der Waals surface area contributed by atoms with Gasteiger partial charge in [0.2, 0.25) is 5.91 Å². The second-order valence-electron chi connectivity index (χ2n) is 7.00. The van der Waals surface area contributed by atoms with Gasteiger partial charge in [-0.05, 0) is 28.5 Å². The van der Waals surface area contributed by atoms with E-state index in [4.69, 9.17) is 5.26 Å². The normalized spacial score (nSPS) is 12.0. The maximum absolute atomic E-state index is 12.8. The number of hydrogen-bond donors (Lipinski definition) is 2. The average molecular weight is 436 g/mol. The van der Waals surface area contributed by atoms with Gasteiger partial charge in [0.15, 0.2) is 9.84 Å². The topological polar surface area (TPSA) is 116 Å². The highest BCUT2D eigenvalue weighted by Crippen LogP contribution is 2.16. The second-order valence-corrected chi connectivity index (χ2v) is 9.11. The molecule has 3 rings (SSSR count). The van der Waals surface area contributed by atoms with E-state index < -0.39 is 33.4 Å². The summed E-state index contributed by atoms with van der Waals surface area (Å²) in [5, 5.41) is 15.3. The maximum Gasteiger partial charge on any atom is 0.251 e. The zero-order valence-corrected chi connectivity index (χ0v) is 17.4. The number of sulfone groups is 1. The van der Waals surface area contributed by atoms with Gasteiger partial charge in [-0.25, -0.2) is 8.42 Å². The molecule has 1 atom stereocenters. The van der Waals surface area contributed by atoms with Crippen LogP contribution in [0.3, 0.4) is 0 Å². The van der Waals surface area contributed by atoms with Crippen LogP contribution in [-0.4, -0.2) is 38.6 Å². The Balaban J connectivity index is 1.79. The Kier molecular flexibility index (Phi) is 7.00. The number of carbonyl (C=O) groups is 2. The lowest BCUT2D eigenvalue weighted by Gasteiger charge is -2.18. The molecule has 1 unspecified atom stereocenters. The molecule has 0 aliphatic carbocycles. The van der Waals surface area contributed by atoms with E-state index in [2.05, 4.69) is 10.6 Å². The highest BCUT2D eigenvalue weighted by molar-refractivity contribution is 7.90. The van der Waals surface area contributed by atoms with Crippen molar-refractivity contribution in [2.45, 2.75) is 11.8 Å². The molecule has 2 N–H and O–H groups in total. The molecule has 8 heteroatoms. The minimum atomic E-state index is -3.72. The van der Waals surface area contributed by atoms with Crippen LogP contribution in [0.4, 0.5) is 0 Å². The number of fused-ring (bicyclic) bond motifs is 1. The Morgan fingerprint density at radius 1 is 0.935 bits per heavy atom. The van der Waals surface area contributed by atoms with Crippen molar-refractivity contribution < 1.29 is 18.0 Å². The molecule has 0 aliphatic heterocycles. The minimum absolute atomic E-state index is 0.262. The first kappa shape index (κ1) is 22.0. The van der Waals surface area contributed by atoms with Crippen LogP contribution in [-0.2, 0) is 20.4 Å². The van der Waals surface area contributed by atoms with Crippen molar-refractivity contribution in [2.75, 3.05) is 12.3 Å². The fraction of sp³-hybridized carbons (Fsp3) is 0.174. The van der Waals surface area contributed by atoms with E-state index in [1.807, 2.05) is 24.3 Å². The Morgan fingerprint density at radius 3 is 2.32 bits per heavy atom. The van der Waals surface area contributed by atoms with Crippen molar-refractivity contribution in [2.24, 2.45) is 0 Å². The molecule has 3 aromatic rings. The van der Waals surface area contributed by atoms with Gasteiger partial charge in [-0.15, -0.1) is 0 Å². The minimum Gasteiger partial charge on any atom is -0.341 e. The SMILES string of the molecule is N#CCNC(=O)C(CS(=O)(=O)Cc1ccccc1)NC(=O)c1ccc2ccccc2c1. The molecule has 0 heterocycles. The smallest absolute Gasteiger partial charge is 0.251 e. The summed E-state index contributed by atoms with van der Waals surface area (Å²) in [4.78, 5) is 25.2. The lowest BCUT2D eigenvalue weighted by atomic mass is 10.1. The zero-order chi connectivity index (χ0) is 22.3. The summed E-state index contributed by atoms with van der Waals surface area (Å²) in [6, 6.07) is 21.6. The molecule has 0 aromatic heterocycles. The van der Waals surface area contributed by atoms with Crippen molar-refractivity contribution in [1.82, 2.24) is 10.6 Å². The van der Waals surface area contributed by atoms with Gasteiger partial charge in [-0.1, -0.05) is 60.7 Å². The van der Waals surface area contributed by atoms with E-state index in [1.165, 1.54) is 0 Å². The van der Waals surface area contributed by atoms with Crippen LogP contribution in [0.2, 0.25) is 0 Å². The molecule has 2 amide bonds. The summed E-state index contributed by atoms with van der Waals surface area (Å²) < 4.78 is 25.4. The van der Waals surface area contributed by atoms with Crippen LogP contribution >= 0.6 is 0 Å². The van der Waals surface area contributed by atoms with Gasteiger partial charge in [-0.2, -0.15) is 5.26 Å². The summed E-state index contributed by atoms with van der Waals surface area (Å²) >= 11 is 0. The standard InChI is InChI=1S/C23H21N3O4S/c24-12-13-25-23(28)21(16-31(29,30)15-17-6-2-1-3-7-17)26-22(27)20-11-10-18-8-4-5-9-19(18)14-20/h1-11,14,21H,13,15-16H2,(H,25,28)(H,26,27). The van der Waals surface area contributed by atoms with E-state index in [-0.39, 0.29) is 12.3 Å². The van der Waals surface area contributed by atoms with Crippen LogP contribution in [0.25, 0.3) is 10.8 Å². The summed E-state index contributed by atoms with van der Waals surface area (Å²) in [6.45, 7) is -0.292. The molecule has 0 spiro atoms. The summed E-state index contributed by atoms with van der Waals surface area (Å²) in [7, 11) is -3.72. The van der Waals surface area contributed by atoms with E-state index in [0.717, 1.165) is 10.8 Å². The van der Waals surface area contributed by atoms with E-state index in [1.54, 1.807) is 54.6 Å². The summed E-state index contributed by atoms with van der Waals surface area (Å²) in [5.74, 6) is -2.15.